The maximum atomic E-state index is 13.1. The molecule has 0 saturated carbocycles. The van der Waals surface area contributed by atoms with Crippen LogP contribution in [0.5, 0.6) is 0 Å². The van der Waals surface area contributed by atoms with E-state index in [0.717, 1.165) is 0 Å². The molecule has 33 heavy (non-hydrogen) atoms. The standard InChI is InChI=1S/C16H28N5O7PS4/c17-16-19-14-13(15(24)20-16)18-11-21(14)1-4-26-12-29(25,27-5-9-32(30)7-2-22)28-6-10-33(31)8-3-23/h11,22-23H,1-10,12H2,(H3,17,19,20,24). The van der Waals surface area contributed by atoms with Gasteiger partial charge in [-0.05, 0) is 0 Å². The molecule has 0 saturated heterocycles. The minimum atomic E-state index is -3.59. The lowest BCUT2D eigenvalue weighted by Crippen LogP contribution is -2.15. The Morgan fingerprint density at radius 2 is 1.70 bits per heavy atom. The zero-order chi connectivity index (χ0) is 24.3. The number of aliphatic hydroxyl groups excluding tert-OH is 2. The van der Waals surface area contributed by atoms with Crippen molar-refractivity contribution in [3.8, 4) is 0 Å². The molecule has 17 heteroatoms. The molecule has 5 N–H and O–H groups in total. The number of hydrogen-bond acceptors (Lipinski definition) is 12. The summed E-state index contributed by atoms with van der Waals surface area (Å²) in [4.78, 5) is 22.3. The molecule has 2 aromatic rings. The van der Waals surface area contributed by atoms with Gasteiger partial charge in [0, 0.05) is 29.6 Å². The summed E-state index contributed by atoms with van der Waals surface area (Å²) in [6.45, 7) is 0.618. The number of rotatable bonds is 17. The van der Waals surface area contributed by atoms with Crippen LogP contribution in [0.25, 0.3) is 11.2 Å². The monoisotopic (exact) mass is 561 g/mol. The van der Waals surface area contributed by atoms with Crippen molar-refractivity contribution in [2.24, 2.45) is 0 Å². The van der Waals surface area contributed by atoms with Crippen LogP contribution in [0.15, 0.2) is 11.1 Å². The van der Waals surface area contributed by atoms with E-state index >= 15 is 0 Å². The highest BCUT2D eigenvalue weighted by Gasteiger charge is 2.25. The summed E-state index contributed by atoms with van der Waals surface area (Å²) < 4.78 is 31.3. The Morgan fingerprint density at radius 3 is 2.27 bits per heavy atom. The van der Waals surface area contributed by atoms with E-state index in [1.807, 2.05) is 0 Å². The molecule has 0 amide bonds. The number of H-pyrrole nitrogens is 1. The number of anilines is 1. The van der Waals surface area contributed by atoms with Crippen molar-refractivity contribution in [2.45, 2.75) is 6.54 Å². The average Bonchev–Trinajstić information content (AvgIpc) is 3.15. The van der Waals surface area contributed by atoms with E-state index in [9.17, 15) is 9.36 Å². The zero-order valence-electron chi connectivity index (χ0n) is 17.8. The fourth-order valence-corrected chi connectivity index (χ4v) is 6.30. The predicted molar refractivity (Wildman–Crippen MR) is 136 cm³/mol. The van der Waals surface area contributed by atoms with E-state index in [-0.39, 0.29) is 57.4 Å². The Bertz CT molecular complexity index is 1020. The van der Waals surface area contributed by atoms with Crippen molar-refractivity contribution >= 4 is 66.0 Å². The molecule has 12 nitrogen and oxygen atoms in total. The van der Waals surface area contributed by atoms with Crippen LogP contribution in [0.4, 0.5) is 5.95 Å². The van der Waals surface area contributed by atoms with Gasteiger partial charge in [0.15, 0.2) is 11.2 Å². The second-order valence-corrected chi connectivity index (χ2v) is 14.7. The largest absolute Gasteiger partial charge is 0.396 e. The van der Waals surface area contributed by atoms with Gasteiger partial charge in [0.25, 0.3) is 5.56 Å². The molecule has 2 rings (SSSR count). The van der Waals surface area contributed by atoms with Crippen LogP contribution in [0.3, 0.4) is 0 Å². The molecule has 2 atom stereocenters. The molecule has 2 unspecified atom stereocenters. The minimum absolute atomic E-state index is 0.00874. The SMILES string of the molecule is Nc1nc2c(ncn2CCOCP(=O)(OCCS(=S)CCO)OCCS(=S)CCO)c(=O)[nH]1. The first-order chi connectivity index (χ1) is 15.8. The lowest BCUT2D eigenvalue weighted by atomic mass is 10.5. The summed E-state index contributed by atoms with van der Waals surface area (Å²) in [7, 11) is -4.53. The van der Waals surface area contributed by atoms with Crippen LogP contribution in [0, 0.1) is 0 Å². The van der Waals surface area contributed by atoms with E-state index in [0.29, 0.717) is 28.7 Å². The Labute approximate surface area is 205 Å². The molecule has 0 aromatic carbocycles. The zero-order valence-corrected chi connectivity index (χ0v) is 22.0. The molecule has 2 heterocycles. The summed E-state index contributed by atoms with van der Waals surface area (Å²) in [5.74, 6) is 1.84. The number of nitrogens with zero attached hydrogens (tertiary/aromatic N) is 3. The molecule has 0 aliphatic carbocycles. The van der Waals surface area contributed by atoms with Gasteiger partial charge in [0.05, 0.1) is 39.4 Å². The van der Waals surface area contributed by atoms with E-state index < -0.39 is 32.1 Å². The molecule has 0 fully saturated rings. The average molecular weight is 562 g/mol. The Morgan fingerprint density at radius 1 is 1.09 bits per heavy atom. The summed E-state index contributed by atoms with van der Waals surface area (Å²) in [6.07, 6.45) is 1.16. The highest BCUT2D eigenvalue weighted by molar-refractivity contribution is 8.29. The normalized spacial score (nSPS) is 15.5. The van der Waals surface area contributed by atoms with Crippen LogP contribution in [-0.4, -0.2) is 92.1 Å². The van der Waals surface area contributed by atoms with Crippen LogP contribution in [-0.2, 0) is 66.2 Å². The van der Waals surface area contributed by atoms with E-state index in [1.54, 1.807) is 4.57 Å². The van der Waals surface area contributed by atoms with Gasteiger partial charge in [-0.15, -0.1) is 18.9 Å². The number of nitrogen functional groups attached to an aromatic ring is 1. The molecule has 0 aliphatic rings. The lowest BCUT2D eigenvalue weighted by molar-refractivity contribution is 0.128. The third kappa shape index (κ3) is 9.84. The third-order valence-corrected chi connectivity index (χ3v) is 10.2. The number of aromatic amines is 1. The van der Waals surface area contributed by atoms with Gasteiger partial charge in [-0.1, -0.05) is 22.4 Å². The smallest absolute Gasteiger partial charge is 0.356 e. The number of ether oxygens (including phenoxy) is 1. The highest BCUT2D eigenvalue weighted by atomic mass is 32.8. The number of hydrogen-bond donors (Lipinski definition) is 4. The molecule has 2 aromatic heterocycles. The van der Waals surface area contributed by atoms with Crippen molar-refractivity contribution in [1.29, 1.82) is 0 Å². The van der Waals surface area contributed by atoms with Gasteiger partial charge < -0.3 is 34.3 Å². The summed E-state index contributed by atoms with van der Waals surface area (Å²) >= 11 is 10.5. The number of fused-ring (bicyclic) bond motifs is 1. The van der Waals surface area contributed by atoms with Gasteiger partial charge in [0.2, 0.25) is 5.95 Å². The van der Waals surface area contributed by atoms with Crippen LogP contribution < -0.4 is 11.3 Å². The Balaban J connectivity index is 1.91. The molecule has 0 bridgehead atoms. The van der Waals surface area contributed by atoms with Crippen molar-refractivity contribution in [3.63, 3.8) is 0 Å². The maximum absolute atomic E-state index is 13.1. The fraction of sp³-hybridized carbons (Fsp3) is 0.688. The van der Waals surface area contributed by atoms with Crippen molar-refractivity contribution in [3.05, 3.63) is 16.7 Å². The Kier molecular flexibility index (Phi) is 12.7. The first kappa shape index (κ1) is 28.6. The lowest BCUT2D eigenvalue weighted by Gasteiger charge is -2.19. The number of nitrogens with two attached hydrogens (primary N) is 1. The number of aliphatic hydroxyl groups is 2. The van der Waals surface area contributed by atoms with E-state index in [2.05, 4.69) is 15.0 Å². The summed E-state index contributed by atoms with van der Waals surface area (Å²) in [5.41, 5.74) is 5.63. The summed E-state index contributed by atoms with van der Waals surface area (Å²) in [6, 6.07) is 0. The number of aromatic nitrogens is 4. The molecule has 0 spiro atoms. The predicted octanol–water partition coefficient (Wildman–Crippen LogP) is -0.953. The molecular formula is C16H28N5O7PS4. The van der Waals surface area contributed by atoms with Crippen molar-refractivity contribution < 1.29 is 28.6 Å². The number of nitrogens with one attached hydrogen (secondary N) is 1. The first-order valence-electron chi connectivity index (χ1n) is 9.86. The van der Waals surface area contributed by atoms with Gasteiger partial charge in [-0.3, -0.25) is 14.3 Å². The maximum Gasteiger partial charge on any atom is 0.356 e. The van der Waals surface area contributed by atoms with Gasteiger partial charge in [-0.2, -0.15) is 4.98 Å². The van der Waals surface area contributed by atoms with Gasteiger partial charge in [0.1, 0.15) is 6.35 Å². The number of imidazole rings is 1. The van der Waals surface area contributed by atoms with Crippen LogP contribution in [0.2, 0.25) is 0 Å². The van der Waals surface area contributed by atoms with Gasteiger partial charge in [-0.25, -0.2) is 4.98 Å². The Hall–Kier alpha value is -0.680. The molecule has 0 radical (unpaired) electrons. The second-order valence-electron chi connectivity index (χ2n) is 6.52. The van der Waals surface area contributed by atoms with E-state index in [4.69, 9.17) is 52.1 Å². The highest BCUT2D eigenvalue weighted by Crippen LogP contribution is 2.48. The first-order valence-corrected chi connectivity index (χ1v) is 16.6. The van der Waals surface area contributed by atoms with Crippen LogP contribution >= 0.6 is 7.60 Å². The fourth-order valence-electron chi connectivity index (χ4n) is 2.53. The van der Waals surface area contributed by atoms with Crippen molar-refractivity contribution in [1.82, 2.24) is 19.5 Å². The minimum Gasteiger partial charge on any atom is -0.396 e. The van der Waals surface area contributed by atoms with Crippen LogP contribution in [0.1, 0.15) is 0 Å². The van der Waals surface area contributed by atoms with E-state index in [1.165, 1.54) is 6.33 Å². The quantitative estimate of drug-likeness (QED) is 0.138. The topological polar surface area (TPSA) is 175 Å². The van der Waals surface area contributed by atoms with Gasteiger partial charge >= 0.3 is 7.60 Å². The third-order valence-electron chi connectivity index (χ3n) is 4.05. The van der Waals surface area contributed by atoms with Crippen molar-refractivity contribution in [2.75, 3.05) is 68.1 Å². The molecular weight excluding hydrogens is 533 g/mol. The molecule has 188 valence electrons. The molecule has 0 aliphatic heterocycles. The second kappa shape index (κ2) is 14.7. The summed E-state index contributed by atoms with van der Waals surface area (Å²) in [5, 5.41) is 17.9.